The van der Waals surface area contributed by atoms with Crippen molar-refractivity contribution in [2.45, 2.75) is 91.7 Å². The maximum Gasteiger partial charge on any atom is 0.303 e. The lowest BCUT2D eigenvalue weighted by atomic mass is 9.74. The van der Waals surface area contributed by atoms with E-state index >= 15 is 0 Å². The molecule has 0 saturated carbocycles. The molecule has 0 aliphatic carbocycles. The van der Waals surface area contributed by atoms with Crippen molar-refractivity contribution < 1.29 is 66.4 Å². The third-order valence-electron chi connectivity index (χ3n) is 11.6. The Morgan fingerprint density at radius 2 is 1.39 bits per heavy atom. The van der Waals surface area contributed by atoms with E-state index in [0.717, 1.165) is 11.8 Å². The molecule has 2 aliphatic rings. The molecule has 4 aromatic rings. The normalized spacial score (nSPS) is 18.8. The number of anilines is 1. The van der Waals surface area contributed by atoms with E-state index in [9.17, 15) is 61.8 Å². The summed E-state index contributed by atoms with van der Waals surface area (Å²) in [6.45, 7) is 8.29. The molecule has 1 atom stereocenters. The van der Waals surface area contributed by atoms with Gasteiger partial charge in [0.15, 0.2) is 5.71 Å². The van der Waals surface area contributed by atoms with E-state index in [2.05, 4.69) is 0 Å². The molecule has 328 valence electrons. The summed E-state index contributed by atoms with van der Waals surface area (Å²) in [5.41, 5.74) is 1.89. The molecule has 0 spiro atoms. The van der Waals surface area contributed by atoms with E-state index in [1.807, 2.05) is 61.5 Å². The van der Waals surface area contributed by atoms with Crippen LogP contribution in [0.1, 0.15) is 77.3 Å². The van der Waals surface area contributed by atoms with Crippen LogP contribution in [0.2, 0.25) is 0 Å². The molecule has 2 heterocycles. The average molecular weight is 920 g/mol. The Morgan fingerprint density at radius 3 is 2.00 bits per heavy atom. The molecule has 0 saturated heterocycles. The molecule has 0 fully saturated rings. The van der Waals surface area contributed by atoms with Crippen molar-refractivity contribution in [1.29, 1.82) is 0 Å². The maximum atomic E-state index is 12.6. The fraction of sp³-hybridized carbons (Fsp3) is 0.366. The number of fused-ring (bicyclic) bond motifs is 6. The molecular formula is C41H47N2O14S4+. The minimum Gasteiger partial charge on any atom is -0.481 e. The molecule has 6 rings (SSSR count). The van der Waals surface area contributed by atoms with Gasteiger partial charge < -0.3 is 10.0 Å². The highest BCUT2D eigenvalue weighted by Gasteiger charge is 2.48. The summed E-state index contributed by atoms with van der Waals surface area (Å²) in [5.74, 6) is -1.47. The molecule has 0 aromatic heterocycles. The Bertz CT molecular complexity index is 3050. The molecule has 0 radical (unpaired) electrons. The van der Waals surface area contributed by atoms with Gasteiger partial charge in [0.05, 0.1) is 21.0 Å². The van der Waals surface area contributed by atoms with Gasteiger partial charge in [0.2, 0.25) is 5.69 Å². The molecule has 0 amide bonds. The van der Waals surface area contributed by atoms with Gasteiger partial charge in [-0.15, -0.1) is 0 Å². The largest absolute Gasteiger partial charge is 0.481 e. The fourth-order valence-corrected chi connectivity index (χ4v) is 11.3. The lowest BCUT2D eigenvalue weighted by molar-refractivity contribution is -0.433. The summed E-state index contributed by atoms with van der Waals surface area (Å²) in [6.07, 6.45) is 7.14. The number of hydrogen-bond acceptors (Lipinski definition) is 10. The van der Waals surface area contributed by atoms with Crippen LogP contribution < -0.4 is 4.90 Å². The van der Waals surface area contributed by atoms with Crippen LogP contribution in [-0.4, -0.2) is 92.1 Å². The zero-order valence-electron chi connectivity index (χ0n) is 33.7. The van der Waals surface area contributed by atoms with Gasteiger partial charge in [-0.1, -0.05) is 38.5 Å². The smallest absolute Gasteiger partial charge is 0.303 e. The van der Waals surface area contributed by atoms with E-state index in [0.29, 0.717) is 77.4 Å². The zero-order valence-corrected chi connectivity index (χ0v) is 37.0. The second-order valence-corrected chi connectivity index (χ2v) is 21.8. The summed E-state index contributed by atoms with van der Waals surface area (Å²) in [4.78, 5) is 11.4. The molecule has 16 nitrogen and oxygen atoms in total. The lowest BCUT2D eigenvalue weighted by Crippen LogP contribution is -2.32. The van der Waals surface area contributed by atoms with Crippen molar-refractivity contribution in [3.8, 4) is 0 Å². The molecule has 1 unspecified atom stereocenters. The van der Waals surface area contributed by atoms with Crippen molar-refractivity contribution in [3.05, 3.63) is 89.6 Å². The third kappa shape index (κ3) is 9.03. The summed E-state index contributed by atoms with van der Waals surface area (Å²) in [5, 5.41) is 10.5. The zero-order chi connectivity index (χ0) is 45.1. The summed E-state index contributed by atoms with van der Waals surface area (Å²) in [7, 11) is -18.9. The number of carboxylic acids is 1. The molecule has 0 bridgehead atoms. The van der Waals surface area contributed by atoms with Crippen LogP contribution in [0.3, 0.4) is 0 Å². The van der Waals surface area contributed by atoms with Crippen molar-refractivity contribution >= 4 is 85.1 Å². The molecule has 20 heteroatoms. The van der Waals surface area contributed by atoms with E-state index in [1.165, 1.54) is 18.2 Å². The number of allylic oxidation sites excluding steroid dienone is 4. The number of benzene rings is 4. The van der Waals surface area contributed by atoms with Crippen LogP contribution in [0.4, 0.5) is 11.4 Å². The second-order valence-electron chi connectivity index (χ2n) is 16.0. The number of carboxylic acid groups (broad SMARTS) is 1. The molecule has 5 N–H and O–H groups in total. The van der Waals surface area contributed by atoms with Gasteiger partial charge in [-0.25, -0.2) is 0 Å². The monoisotopic (exact) mass is 919 g/mol. The predicted octanol–water partition coefficient (Wildman–Crippen LogP) is 6.66. The average Bonchev–Trinajstić information content (AvgIpc) is 3.51. The Hall–Kier alpha value is -4.54. The first-order valence-electron chi connectivity index (χ1n) is 19.3. The topological polar surface area (TPSA) is 261 Å². The standard InChI is InChI=1S/C41H46N2O14S4/c1-5-42-33-18-15-26-14-16-27(59(49,50)51)23-30(26)39(33)41(4,20-10-22-58(46,47)48)36(42)12-9-11-35-40(2,3)38-31-24-28(60(52,53)54)25-34(61(55,56)57)29(31)17-19-32(38)43(35)21-8-6-7-13-37(44)45/h9,11-12,14-19,23-25H,5-8,10,13,20-22H2,1-4H3,(H4-,44,45,46,47,48,49,50,51,52,53,54,55,56,57)/p+1. The van der Waals surface area contributed by atoms with Gasteiger partial charge in [0.1, 0.15) is 11.4 Å². The molecule has 2 aliphatic heterocycles. The fourth-order valence-electron chi connectivity index (χ4n) is 8.98. The quantitative estimate of drug-likeness (QED) is 0.0447. The van der Waals surface area contributed by atoms with E-state index in [-0.39, 0.29) is 34.9 Å². The minimum atomic E-state index is -4.99. The number of nitrogens with zero attached hydrogens (tertiary/aromatic N) is 2. The Kier molecular flexibility index (Phi) is 12.3. The first-order chi connectivity index (χ1) is 28.2. The van der Waals surface area contributed by atoms with E-state index in [4.69, 9.17) is 0 Å². The van der Waals surface area contributed by atoms with E-state index < -0.39 is 72.8 Å². The lowest BCUT2D eigenvalue weighted by Gasteiger charge is -2.27. The Balaban J connectivity index is 1.54. The number of unbranched alkanes of at least 4 members (excludes halogenated alkanes) is 2. The van der Waals surface area contributed by atoms with Crippen molar-refractivity contribution in [3.63, 3.8) is 0 Å². The highest BCUT2D eigenvalue weighted by Crippen LogP contribution is 2.52. The van der Waals surface area contributed by atoms with Gasteiger partial charge in [-0.3, -0.25) is 23.0 Å². The van der Waals surface area contributed by atoms with Crippen molar-refractivity contribution in [2.75, 3.05) is 23.7 Å². The molecule has 4 aromatic carbocycles. The second kappa shape index (κ2) is 16.3. The van der Waals surface area contributed by atoms with E-state index in [1.54, 1.807) is 18.2 Å². The van der Waals surface area contributed by atoms with Gasteiger partial charge >= 0.3 is 5.97 Å². The van der Waals surface area contributed by atoms with Crippen molar-refractivity contribution in [1.82, 2.24) is 0 Å². The van der Waals surface area contributed by atoms with Crippen LogP contribution in [0.15, 0.2) is 93.2 Å². The summed E-state index contributed by atoms with van der Waals surface area (Å²) in [6, 6.07) is 12.9. The summed E-state index contributed by atoms with van der Waals surface area (Å²) < 4.78 is 140. The van der Waals surface area contributed by atoms with Gasteiger partial charge in [-0.2, -0.15) is 38.2 Å². The van der Waals surface area contributed by atoms with Crippen LogP contribution >= 0.6 is 0 Å². The van der Waals surface area contributed by atoms with Gasteiger partial charge in [0.25, 0.3) is 40.5 Å². The predicted molar refractivity (Wildman–Crippen MR) is 230 cm³/mol. The number of carbonyl (C=O) groups is 1. The van der Waals surface area contributed by atoms with Crippen molar-refractivity contribution in [2.24, 2.45) is 0 Å². The third-order valence-corrected chi connectivity index (χ3v) is 15.0. The van der Waals surface area contributed by atoms with Crippen LogP contribution in [0.5, 0.6) is 0 Å². The number of aliphatic carboxylic acids is 1. The van der Waals surface area contributed by atoms with Crippen LogP contribution in [0.25, 0.3) is 21.5 Å². The molecular weight excluding hydrogens is 873 g/mol. The molecule has 61 heavy (non-hydrogen) atoms. The highest BCUT2D eigenvalue weighted by molar-refractivity contribution is 7.87. The number of hydrogen-bond donors (Lipinski definition) is 5. The Morgan fingerprint density at radius 1 is 0.738 bits per heavy atom. The highest BCUT2D eigenvalue weighted by atomic mass is 32.2. The maximum absolute atomic E-state index is 12.6. The van der Waals surface area contributed by atoms with Crippen LogP contribution in [0, 0.1) is 0 Å². The first-order valence-corrected chi connectivity index (χ1v) is 25.2. The first kappa shape index (κ1) is 46.0. The Labute approximate surface area is 354 Å². The van der Waals surface area contributed by atoms with Crippen LogP contribution in [-0.2, 0) is 56.1 Å². The SMILES string of the molecule is CC[N+]1=C(/C=C/C=C2/N(CCCCCC(=O)O)c3ccc4c(S(=O)(=O)O)cc(S(=O)(=O)O)cc4c3C2(C)C)C(C)(CCCS(=O)(=O)O)c2c1ccc1ccc(S(=O)(=O)O)cc21. The van der Waals surface area contributed by atoms with Gasteiger partial charge in [0, 0.05) is 52.9 Å². The number of rotatable bonds is 16. The van der Waals surface area contributed by atoms with Gasteiger partial charge in [-0.05, 0) is 104 Å². The minimum absolute atomic E-state index is 0.0165. The summed E-state index contributed by atoms with van der Waals surface area (Å²) >= 11 is 0.